The average Bonchev–Trinajstić information content (AvgIpc) is 3.74. The topological polar surface area (TPSA) is 153 Å². The average molecular weight is 922 g/mol. The highest BCUT2D eigenvalue weighted by atomic mass is 35.5. The van der Waals surface area contributed by atoms with Gasteiger partial charge in [-0.1, -0.05) is 55.3 Å². The van der Waals surface area contributed by atoms with Crippen LogP contribution in [0.5, 0.6) is 11.5 Å². The number of hydrogen-bond donors (Lipinski definition) is 5. The molecule has 8 rings (SSSR count). The van der Waals surface area contributed by atoms with Gasteiger partial charge < -0.3 is 19.9 Å². The molecule has 6 aromatic rings. The largest absolute Gasteiger partial charge is 0.456 e. The van der Waals surface area contributed by atoms with E-state index in [9.17, 15) is 21.6 Å². The Morgan fingerprint density at radius 2 is 1.66 bits per heavy atom. The number of carbonyl (C=O) groups is 1. The number of H-pyrrole nitrogens is 1. The number of allylic oxidation sites excluding steroid dienone is 1. The number of thiol groups is 1. The molecule has 1 amide bonds. The summed E-state index contributed by atoms with van der Waals surface area (Å²) in [4.78, 5) is 21.9. The summed E-state index contributed by atoms with van der Waals surface area (Å²) in [5.74, 6) is -0.0539. The highest BCUT2D eigenvalue weighted by Crippen LogP contribution is 2.43. The Labute approximate surface area is 381 Å². The van der Waals surface area contributed by atoms with Gasteiger partial charge >= 0.3 is 0 Å². The molecule has 1 saturated heterocycles. The van der Waals surface area contributed by atoms with Gasteiger partial charge in [0.1, 0.15) is 11.5 Å². The van der Waals surface area contributed by atoms with Crippen molar-refractivity contribution in [1.82, 2.24) is 14.6 Å². The zero-order chi connectivity index (χ0) is 45.0. The van der Waals surface area contributed by atoms with Crippen molar-refractivity contribution in [3.05, 3.63) is 148 Å². The number of anilines is 3. The highest BCUT2D eigenvalue weighted by molar-refractivity contribution is 7.90. The van der Waals surface area contributed by atoms with Crippen LogP contribution in [0.25, 0.3) is 16.5 Å². The van der Waals surface area contributed by atoms with Crippen LogP contribution < -0.4 is 24.4 Å². The van der Waals surface area contributed by atoms with Crippen molar-refractivity contribution in [2.45, 2.75) is 51.3 Å². The van der Waals surface area contributed by atoms with Crippen LogP contribution in [0, 0.1) is 12.3 Å². The SMILES string of the molecule is Cc1cc(S(=O)(=O)NC(=O)c2ccc(N3CCN(CC4=C(c5ccc(Cl)cc5)CC(C)(C)CC4)CC3)cc2Oc2ccc3[nH]ccc3c2)ccc1NCCc1ccc(N[SH](=O)=O)cc1. The number of piperazine rings is 1. The summed E-state index contributed by atoms with van der Waals surface area (Å²) in [5.41, 5.74) is 9.23. The third-order valence-corrected chi connectivity index (χ3v) is 14.2. The van der Waals surface area contributed by atoms with E-state index in [-0.39, 0.29) is 21.6 Å². The van der Waals surface area contributed by atoms with Gasteiger partial charge in [0.15, 0.2) is 0 Å². The Morgan fingerprint density at radius 1 is 0.891 bits per heavy atom. The van der Waals surface area contributed by atoms with Crippen molar-refractivity contribution in [3.63, 3.8) is 0 Å². The van der Waals surface area contributed by atoms with E-state index in [0.717, 1.165) is 84.9 Å². The van der Waals surface area contributed by atoms with E-state index < -0.39 is 26.8 Å². The number of carbonyl (C=O) groups excluding carboxylic acids is 1. The van der Waals surface area contributed by atoms with Gasteiger partial charge in [0.25, 0.3) is 15.9 Å². The first-order valence-corrected chi connectivity index (χ1v) is 24.5. The van der Waals surface area contributed by atoms with Crippen LogP contribution in [0.1, 0.15) is 60.2 Å². The van der Waals surface area contributed by atoms with Crippen molar-refractivity contribution in [3.8, 4) is 11.5 Å². The van der Waals surface area contributed by atoms with E-state index >= 15 is 0 Å². The van der Waals surface area contributed by atoms with Crippen LogP contribution in [-0.4, -0.2) is 71.9 Å². The van der Waals surface area contributed by atoms with Gasteiger partial charge in [-0.3, -0.25) is 14.4 Å². The molecular formula is C49H53ClN6O6S2. The smallest absolute Gasteiger partial charge is 0.268 e. The molecule has 4 N–H and O–H groups in total. The first-order valence-electron chi connectivity index (χ1n) is 21.4. The second-order valence-corrected chi connectivity index (χ2v) is 20.2. The fraction of sp³-hybridized carbons (Fsp3) is 0.286. The van der Waals surface area contributed by atoms with Crippen molar-refractivity contribution in [2.75, 3.05) is 54.2 Å². The van der Waals surface area contributed by atoms with Crippen molar-refractivity contribution < 1.29 is 26.4 Å². The van der Waals surface area contributed by atoms with Gasteiger partial charge in [-0.05, 0) is 139 Å². The molecular weight excluding hydrogens is 868 g/mol. The Morgan fingerprint density at radius 3 is 2.39 bits per heavy atom. The molecule has 64 heavy (non-hydrogen) atoms. The Kier molecular flexibility index (Phi) is 13.4. The molecule has 334 valence electrons. The molecule has 0 atom stereocenters. The van der Waals surface area contributed by atoms with E-state index in [0.29, 0.717) is 30.0 Å². The maximum Gasteiger partial charge on any atom is 0.268 e. The summed E-state index contributed by atoms with van der Waals surface area (Å²) in [5, 5.41) is 5.01. The summed E-state index contributed by atoms with van der Waals surface area (Å²) in [6.45, 7) is 11.2. The van der Waals surface area contributed by atoms with Crippen LogP contribution in [0.2, 0.25) is 5.02 Å². The summed E-state index contributed by atoms with van der Waals surface area (Å²) in [7, 11) is -7.01. The molecule has 2 aliphatic rings. The molecule has 0 radical (unpaired) electrons. The second kappa shape index (κ2) is 19.1. The van der Waals surface area contributed by atoms with Crippen LogP contribution in [-0.2, 0) is 27.3 Å². The number of amides is 1. The molecule has 12 nitrogen and oxygen atoms in total. The minimum absolute atomic E-state index is 0.0495. The van der Waals surface area contributed by atoms with Gasteiger partial charge in [0.2, 0.25) is 10.9 Å². The molecule has 1 aliphatic carbocycles. The molecule has 0 saturated carbocycles. The zero-order valence-corrected chi connectivity index (χ0v) is 38.6. The lowest BCUT2D eigenvalue weighted by molar-refractivity contribution is 0.0979. The van der Waals surface area contributed by atoms with E-state index in [1.165, 1.54) is 28.8 Å². The number of sulfonamides is 1. The quantitative estimate of drug-likeness (QED) is 0.0635. The lowest BCUT2D eigenvalue weighted by Gasteiger charge is -2.39. The second-order valence-electron chi connectivity index (χ2n) is 17.4. The minimum Gasteiger partial charge on any atom is -0.456 e. The molecule has 1 fully saturated rings. The zero-order valence-electron chi connectivity index (χ0n) is 36.1. The Bertz CT molecular complexity index is 2880. The van der Waals surface area contributed by atoms with Gasteiger partial charge in [-0.25, -0.2) is 21.6 Å². The van der Waals surface area contributed by atoms with Gasteiger partial charge in [0, 0.05) is 84.5 Å². The van der Waals surface area contributed by atoms with Crippen LogP contribution in [0.15, 0.2) is 126 Å². The third kappa shape index (κ3) is 10.9. The summed E-state index contributed by atoms with van der Waals surface area (Å²) in [6.07, 6.45) is 5.75. The minimum atomic E-state index is -4.28. The van der Waals surface area contributed by atoms with Gasteiger partial charge in [0.05, 0.1) is 10.5 Å². The summed E-state index contributed by atoms with van der Waals surface area (Å²) in [6, 6.07) is 32.8. The van der Waals surface area contributed by atoms with Crippen LogP contribution >= 0.6 is 11.6 Å². The number of rotatable bonds is 15. The standard InChI is InChI=1S/C49H53ClN6O6S2/c1-33-28-42(14-17-45(33)51-22-19-34-4-10-39(11-5-34)53-63(58)59)64(60,61)54-48(57)43-15-12-40(30-47(43)62-41-13-16-46-36(29-41)20-23-52-46)56-26-24-55(25-27-56)32-37-18-21-49(2,3)31-44(37)35-6-8-38(50)9-7-35/h4-17,20,23,28-30,51-52,63H,18-19,21-22,24-27,31-32H2,1-3H3,(H,54,57)(H,53,58,59). The third-order valence-electron chi connectivity index (χ3n) is 12.1. The Hall–Kier alpha value is -5.80. The molecule has 2 heterocycles. The Balaban J connectivity index is 0.958. The van der Waals surface area contributed by atoms with Gasteiger partial charge in [-0.15, -0.1) is 0 Å². The van der Waals surface area contributed by atoms with Crippen molar-refractivity contribution in [1.29, 1.82) is 0 Å². The normalized spacial score (nSPS) is 15.7. The summed E-state index contributed by atoms with van der Waals surface area (Å²) < 4.78 is 60.4. The number of fused-ring (bicyclic) bond motifs is 1. The molecule has 0 unspecified atom stereocenters. The number of benzene rings is 5. The van der Waals surface area contributed by atoms with Crippen LogP contribution in [0.4, 0.5) is 17.1 Å². The van der Waals surface area contributed by atoms with E-state index in [1.54, 1.807) is 31.2 Å². The monoisotopic (exact) mass is 920 g/mol. The number of aromatic nitrogens is 1. The van der Waals surface area contributed by atoms with Crippen molar-refractivity contribution in [2.24, 2.45) is 5.41 Å². The highest BCUT2D eigenvalue weighted by Gasteiger charge is 2.30. The maximum atomic E-state index is 14.0. The predicted octanol–water partition coefficient (Wildman–Crippen LogP) is 9.42. The number of halogens is 1. The van der Waals surface area contributed by atoms with Gasteiger partial charge in [-0.2, -0.15) is 0 Å². The number of nitrogens with one attached hydrogen (secondary N) is 4. The van der Waals surface area contributed by atoms with Crippen LogP contribution in [0.3, 0.4) is 0 Å². The predicted molar refractivity (Wildman–Crippen MR) is 258 cm³/mol. The lowest BCUT2D eigenvalue weighted by atomic mass is 9.72. The molecule has 15 heteroatoms. The maximum absolute atomic E-state index is 14.0. The number of hydrogen-bond acceptors (Lipinski definition) is 9. The fourth-order valence-electron chi connectivity index (χ4n) is 8.53. The van der Waals surface area contributed by atoms with E-state index in [1.807, 2.05) is 66.9 Å². The van der Waals surface area contributed by atoms with E-state index in [4.69, 9.17) is 16.3 Å². The lowest BCUT2D eigenvalue weighted by Crippen LogP contribution is -2.47. The number of aromatic amines is 1. The van der Waals surface area contributed by atoms with E-state index in [2.05, 4.69) is 55.5 Å². The molecule has 0 bridgehead atoms. The number of nitrogens with zero attached hydrogens (tertiary/aromatic N) is 2. The molecule has 5 aromatic carbocycles. The first kappa shape index (κ1) is 44.8. The first-order chi connectivity index (χ1) is 30.7. The van der Waals surface area contributed by atoms with Crippen molar-refractivity contribution >= 4 is 72.0 Å². The number of ether oxygens (including phenoxy) is 1. The fourth-order valence-corrected chi connectivity index (χ4v) is 10.1. The number of aryl methyl sites for hydroxylation is 1. The molecule has 1 aromatic heterocycles. The summed E-state index contributed by atoms with van der Waals surface area (Å²) >= 11 is 6.25. The molecule has 0 spiro atoms. The molecule has 1 aliphatic heterocycles.